The van der Waals surface area contributed by atoms with Crippen molar-refractivity contribution in [3.63, 3.8) is 0 Å². The van der Waals surface area contributed by atoms with Gasteiger partial charge >= 0.3 is 5.97 Å². The molecule has 1 amide bonds. The third-order valence-corrected chi connectivity index (χ3v) is 8.74. The van der Waals surface area contributed by atoms with Gasteiger partial charge in [-0.2, -0.15) is 0 Å². The Hall–Kier alpha value is -2.94. The number of carbonyl (C=O) groups is 2. The van der Waals surface area contributed by atoms with Gasteiger partial charge in [0.2, 0.25) is 17.9 Å². The van der Waals surface area contributed by atoms with Gasteiger partial charge in [0, 0.05) is 34.9 Å². The van der Waals surface area contributed by atoms with Gasteiger partial charge in [-0.3, -0.25) is 9.59 Å². The van der Waals surface area contributed by atoms with E-state index in [1.54, 1.807) is 13.2 Å². The Kier molecular flexibility index (Phi) is 6.92. The summed E-state index contributed by atoms with van der Waals surface area (Å²) in [7, 11) is 1.40. The molecule has 0 saturated carbocycles. The molecule has 2 aliphatic carbocycles. The monoisotopic (exact) mass is 563 g/mol. The number of esters is 1. The fourth-order valence-electron chi connectivity index (χ4n) is 6.92. The minimum atomic E-state index is -2.17. The molecule has 1 aromatic heterocycles. The van der Waals surface area contributed by atoms with Gasteiger partial charge in [-0.1, -0.05) is 0 Å². The van der Waals surface area contributed by atoms with Gasteiger partial charge in [-0.05, 0) is 37.7 Å². The lowest BCUT2D eigenvalue weighted by atomic mass is 9.72. The summed E-state index contributed by atoms with van der Waals surface area (Å²) in [5.74, 6) is -1.47. The van der Waals surface area contributed by atoms with Crippen molar-refractivity contribution in [2.24, 2.45) is 11.8 Å². The SMILES string of the molecule is CCOC(=O)C1Cc2c(OC3OC(C(O)O)C(O)C(O)C3O)c(OC)c3occ4c3c2C(C1)CC1C(=O)NCC41. The molecule has 2 saturated heterocycles. The Morgan fingerprint density at radius 2 is 1.90 bits per heavy atom. The number of hydrogen-bond donors (Lipinski definition) is 6. The molecule has 2 aromatic rings. The van der Waals surface area contributed by atoms with Gasteiger partial charge in [0.05, 0.1) is 25.9 Å². The van der Waals surface area contributed by atoms with Crippen LogP contribution in [0.2, 0.25) is 0 Å². The largest absolute Gasteiger partial charge is 0.490 e. The fourth-order valence-corrected chi connectivity index (χ4v) is 6.92. The summed E-state index contributed by atoms with van der Waals surface area (Å²) in [6.07, 6.45) is -8.14. The van der Waals surface area contributed by atoms with Crippen LogP contribution in [0.3, 0.4) is 0 Å². The van der Waals surface area contributed by atoms with E-state index in [1.807, 2.05) is 0 Å². The van der Waals surface area contributed by atoms with Gasteiger partial charge in [-0.15, -0.1) is 0 Å². The van der Waals surface area contributed by atoms with Crippen molar-refractivity contribution in [2.75, 3.05) is 20.3 Å². The van der Waals surface area contributed by atoms with E-state index in [4.69, 9.17) is 23.4 Å². The van der Waals surface area contributed by atoms with E-state index in [9.17, 15) is 35.1 Å². The number of aliphatic hydroxyl groups is 5. The first-order valence-electron chi connectivity index (χ1n) is 13.5. The molecule has 3 heterocycles. The zero-order valence-electron chi connectivity index (χ0n) is 22.0. The summed E-state index contributed by atoms with van der Waals surface area (Å²) >= 11 is 0. The first-order chi connectivity index (χ1) is 19.2. The van der Waals surface area contributed by atoms with Crippen LogP contribution in [0.4, 0.5) is 0 Å². The third kappa shape index (κ3) is 4.06. The highest BCUT2D eigenvalue weighted by Gasteiger charge is 2.50. The number of rotatable bonds is 6. The number of benzene rings is 1. The highest BCUT2D eigenvalue weighted by molar-refractivity contribution is 5.97. The number of fused-ring (bicyclic) bond motifs is 2. The molecule has 2 aliphatic heterocycles. The van der Waals surface area contributed by atoms with Crippen LogP contribution in [0, 0.1) is 11.8 Å². The second-order valence-corrected chi connectivity index (χ2v) is 10.9. The zero-order valence-corrected chi connectivity index (χ0v) is 22.0. The van der Waals surface area contributed by atoms with Crippen LogP contribution in [-0.2, 0) is 25.5 Å². The quantitative estimate of drug-likeness (QED) is 0.193. The Morgan fingerprint density at radius 1 is 1.12 bits per heavy atom. The molecule has 6 rings (SSSR count). The summed E-state index contributed by atoms with van der Waals surface area (Å²) in [6, 6.07) is 0. The third-order valence-electron chi connectivity index (χ3n) is 8.74. The van der Waals surface area contributed by atoms with E-state index in [0.717, 1.165) is 16.5 Å². The Balaban J connectivity index is 1.52. The molecule has 9 atom stereocenters. The normalized spacial score (nSPS) is 34.8. The highest BCUT2D eigenvalue weighted by atomic mass is 16.7. The van der Waals surface area contributed by atoms with E-state index in [0.29, 0.717) is 30.5 Å². The van der Waals surface area contributed by atoms with Gasteiger partial charge in [0.25, 0.3) is 0 Å². The van der Waals surface area contributed by atoms with E-state index in [1.165, 1.54) is 7.11 Å². The van der Waals surface area contributed by atoms with Crippen LogP contribution >= 0.6 is 0 Å². The van der Waals surface area contributed by atoms with E-state index < -0.39 is 48.9 Å². The maximum Gasteiger partial charge on any atom is 0.309 e. The zero-order chi connectivity index (χ0) is 28.5. The second kappa shape index (κ2) is 10.2. The smallest absolute Gasteiger partial charge is 0.309 e. The second-order valence-electron chi connectivity index (χ2n) is 10.9. The van der Waals surface area contributed by atoms with Gasteiger partial charge in [0.15, 0.2) is 17.6 Å². The minimum Gasteiger partial charge on any atom is -0.490 e. The van der Waals surface area contributed by atoms with Crippen molar-refractivity contribution >= 4 is 22.8 Å². The van der Waals surface area contributed by atoms with Crippen molar-refractivity contribution in [2.45, 2.75) is 75.0 Å². The van der Waals surface area contributed by atoms with Gasteiger partial charge in [-0.25, -0.2) is 0 Å². The summed E-state index contributed by atoms with van der Waals surface area (Å²) in [4.78, 5) is 25.9. The van der Waals surface area contributed by atoms with E-state index in [2.05, 4.69) is 5.32 Å². The van der Waals surface area contributed by atoms with E-state index >= 15 is 0 Å². The molecular weight excluding hydrogens is 530 g/mol. The molecule has 0 bridgehead atoms. The molecule has 0 spiro atoms. The average Bonchev–Trinajstić information content (AvgIpc) is 3.48. The molecule has 9 unspecified atom stereocenters. The lowest BCUT2D eigenvalue weighted by molar-refractivity contribution is -0.310. The number of ether oxygens (including phenoxy) is 4. The molecule has 2 fully saturated rings. The first-order valence-corrected chi connectivity index (χ1v) is 13.5. The summed E-state index contributed by atoms with van der Waals surface area (Å²) in [5, 5.41) is 54.4. The minimum absolute atomic E-state index is 0.0599. The number of hydrogen-bond acceptors (Lipinski definition) is 12. The number of carbonyl (C=O) groups excluding carboxylic acids is 2. The number of aliphatic hydroxyl groups excluding tert-OH is 4. The molecule has 1 aromatic carbocycles. The predicted octanol–water partition coefficient (Wildman–Crippen LogP) is -0.619. The Bertz CT molecular complexity index is 1320. The average molecular weight is 564 g/mol. The molecule has 4 aliphatic rings. The first kappa shape index (κ1) is 27.2. The van der Waals surface area contributed by atoms with Crippen molar-refractivity contribution in [1.29, 1.82) is 0 Å². The molecule has 13 nitrogen and oxygen atoms in total. The van der Waals surface area contributed by atoms with E-state index in [-0.39, 0.29) is 48.2 Å². The van der Waals surface area contributed by atoms with Crippen LogP contribution in [0.15, 0.2) is 10.7 Å². The van der Waals surface area contributed by atoms with Crippen molar-refractivity contribution in [1.82, 2.24) is 5.32 Å². The van der Waals surface area contributed by atoms with Gasteiger partial charge < -0.3 is 54.2 Å². The molecule has 6 N–H and O–H groups in total. The van der Waals surface area contributed by atoms with Crippen LogP contribution < -0.4 is 14.8 Å². The summed E-state index contributed by atoms with van der Waals surface area (Å²) < 4.78 is 28.7. The van der Waals surface area contributed by atoms with Crippen molar-refractivity contribution < 1.29 is 58.5 Å². The maximum absolute atomic E-state index is 13.0. The standard InChI is InChI=1S/C27H33NO12/c1-3-37-26(35)10-4-9-5-11-13(7-28-24(11)32)14-8-38-21-16(14)15(9)12(6-10)20(23(21)36-2)39-27-19(31)17(29)18(30)22(40-27)25(33)34/h8-11,13,17-19,22,25,27,29-31,33-34H,3-7H2,1-2H3,(H,28,32). The van der Waals surface area contributed by atoms with Crippen LogP contribution in [0.25, 0.3) is 11.0 Å². The summed E-state index contributed by atoms with van der Waals surface area (Å²) in [5.41, 5.74) is 2.64. The van der Waals surface area contributed by atoms with Crippen molar-refractivity contribution in [3.8, 4) is 11.5 Å². The maximum atomic E-state index is 13.0. The van der Waals surface area contributed by atoms with Crippen LogP contribution in [0.1, 0.15) is 48.3 Å². The lowest BCUT2D eigenvalue weighted by Crippen LogP contribution is -2.62. The number of amides is 1. The topological polar surface area (TPSA) is 197 Å². The predicted molar refractivity (Wildman–Crippen MR) is 133 cm³/mol. The molecule has 40 heavy (non-hydrogen) atoms. The number of furan rings is 1. The highest BCUT2D eigenvalue weighted by Crippen LogP contribution is 2.57. The molecular formula is C27H33NO12. The number of nitrogens with one attached hydrogen (secondary N) is 1. The van der Waals surface area contributed by atoms with Crippen LogP contribution in [-0.4, -0.2) is 94.7 Å². The molecule has 0 radical (unpaired) electrons. The molecule has 13 heteroatoms. The lowest BCUT2D eigenvalue weighted by Gasteiger charge is -2.41. The Morgan fingerprint density at radius 3 is 2.60 bits per heavy atom. The van der Waals surface area contributed by atoms with Crippen LogP contribution in [0.5, 0.6) is 11.5 Å². The fraction of sp³-hybridized carbons (Fsp3) is 0.630. The Labute approximate surface area is 228 Å². The summed E-state index contributed by atoms with van der Waals surface area (Å²) in [6.45, 7) is 2.37. The van der Waals surface area contributed by atoms with Gasteiger partial charge in [0.1, 0.15) is 24.4 Å². The van der Waals surface area contributed by atoms with Crippen molar-refractivity contribution in [3.05, 3.63) is 23.0 Å². The number of methoxy groups -OCH3 is 1. The molecule has 218 valence electrons.